The summed E-state index contributed by atoms with van der Waals surface area (Å²) in [5.41, 5.74) is 7.63. The summed E-state index contributed by atoms with van der Waals surface area (Å²) in [5, 5.41) is 3.43. The van der Waals surface area contributed by atoms with Crippen LogP contribution >= 0.6 is 12.4 Å². The Bertz CT molecular complexity index is 385. The molecule has 3 rings (SSSR count). The Hall–Kier alpha value is -1.00. The molecule has 5 heteroatoms. The van der Waals surface area contributed by atoms with E-state index in [1.54, 1.807) is 0 Å². The quantitative estimate of drug-likeness (QED) is 0.688. The molecule has 1 amide bonds. The molecule has 0 aromatic carbocycles. The van der Waals surface area contributed by atoms with Gasteiger partial charge in [0.15, 0.2) is 0 Å². The van der Waals surface area contributed by atoms with Crippen LogP contribution in [-0.2, 0) is 4.79 Å². The zero-order chi connectivity index (χ0) is 10.5. The maximum Gasteiger partial charge on any atom is 0.246 e. The lowest BCUT2D eigenvalue weighted by atomic mass is 10.0. The number of piperazine rings is 1. The van der Waals surface area contributed by atoms with Crippen LogP contribution in [0.15, 0.2) is 23.4 Å². The molecule has 1 aliphatic carbocycles. The molecule has 88 valence electrons. The number of halogens is 1. The van der Waals surface area contributed by atoms with E-state index in [9.17, 15) is 4.79 Å². The van der Waals surface area contributed by atoms with E-state index in [2.05, 4.69) is 10.2 Å². The average Bonchev–Trinajstić information content (AvgIpc) is 2.99. The lowest BCUT2D eigenvalue weighted by molar-refractivity contribution is -0.114. The summed E-state index contributed by atoms with van der Waals surface area (Å²) >= 11 is 0. The van der Waals surface area contributed by atoms with Gasteiger partial charge in [0.05, 0.1) is 5.54 Å². The number of primary amides is 1. The van der Waals surface area contributed by atoms with E-state index in [1.165, 1.54) is 18.5 Å². The summed E-state index contributed by atoms with van der Waals surface area (Å²) < 4.78 is 0. The van der Waals surface area contributed by atoms with Crippen molar-refractivity contribution in [3.8, 4) is 0 Å². The van der Waals surface area contributed by atoms with Crippen LogP contribution in [0.3, 0.4) is 0 Å². The van der Waals surface area contributed by atoms with E-state index in [4.69, 9.17) is 5.73 Å². The predicted molar refractivity (Wildman–Crippen MR) is 64.1 cm³/mol. The van der Waals surface area contributed by atoms with Crippen molar-refractivity contribution in [2.75, 3.05) is 19.6 Å². The van der Waals surface area contributed by atoms with E-state index < -0.39 is 0 Å². The number of carbonyl (C=O) groups excluding carboxylic acids is 1. The first-order valence-corrected chi connectivity index (χ1v) is 5.39. The van der Waals surface area contributed by atoms with Crippen LogP contribution in [0.5, 0.6) is 0 Å². The minimum absolute atomic E-state index is 0. The first-order chi connectivity index (χ1) is 7.21. The normalized spacial score (nSPS) is 25.1. The smallest absolute Gasteiger partial charge is 0.246 e. The largest absolute Gasteiger partial charge is 0.366 e. The summed E-state index contributed by atoms with van der Waals surface area (Å²) in [6.45, 7) is 2.64. The number of carbonyl (C=O) groups is 1. The average molecular weight is 242 g/mol. The Kier molecular flexibility index (Phi) is 2.72. The molecule has 1 saturated heterocycles. The lowest BCUT2D eigenvalue weighted by Gasteiger charge is -2.42. The van der Waals surface area contributed by atoms with Crippen molar-refractivity contribution in [2.45, 2.75) is 18.4 Å². The van der Waals surface area contributed by atoms with E-state index in [1.807, 2.05) is 12.2 Å². The SMILES string of the molecule is Cl.NC(=O)C1=CC=C2CNCC3(CC3)N2C1. The Morgan fingerprint density at radius 3 is 2.81 bits per heavy atom. The summed E-state index contributed by atoms with van der Waals surface area (Å²) in [6.07, 6.45) is 6.33. The zero-order valence-corrected chi connectivity index (χ0v) is 9.85. The lowest BCUT2D eigenvalue weighted by Crippen LogP contribution is -2.53. The van der Waals surface area contributed by atoms with Gasteiger partial charge in [-0.1, -0.05) is 0 Å². The molecule has 2 aliphatic heterocycles. The van der Waals surface area contributed by atoms with E-state index in [0.29, 0.717) is 12.1 Å². The fraction of sp³-hybridized carbons (Fsp3) is 0.545. The molecular weight excluding hydrogens is 226 g/mol. The van der Waals surface area contributed by atoms with Crippen molar-refractivity contribution < 1.29 is 4.79 Å². The van der Waals surface area contributed by atoms with Crippen LogP contribution in [-0.4, -0.2) is 36.0 Å². The van der Waals surface area contributed by atoms with Crippen molar-refractivity contribution in [3.63, 3.8) is 0 Å². The summed E-state index contributed by atoms with van der Waals surface area (Å²) in [4.78, 5) is 13.5. The molecule has 0 aromatic rings. The molecule has 0 radical (unpaired) electrons. The highest BCUT2D eigenvalue weighted by Gasteiger charge is 2.50. The van der Waals surface area contributed by atoms with Gasteiger partial charge in [-0.05, 0) is 25.0 Å². The second kappa shape index (κ2) is 3.79. The number of amides is 1. The van der Waals surface area contributed by atoms with Crippen LogP contribution in [0.25, 0.3) is 0 Å². The summed E-state index contributed by atoms with van der Waals surface area (Å²) in [6, 6.07) is 0. The minimum Gasteiger partial charge on any atom is -0.366 e. The monoisotopic (exact) mass is 241 g/mol. The third-order valence-electron chi connectivity index (χ3n) is 3.63. The molecule has 0 atom stereocenters. The summed E-state index contributed by atoms with van der Waals surface area (Å²) in [5.74, 6) is -0.292. The van der Waals surface area contributed by atoms with Gasteiger partial charge in [0.2, 0.25) is 5.91 Å². The first kappa shape index (κ1) is 11.5. The van der Waals surface area contributed by atoms with Gasteiger partial charge in [-0.3, -0.25) is 4.79 Å². The highest BCUT2D eigenvalue weighted by Crippen LogP contribution is 2.45. The van der Waals surface area contributed by atoms with Gasteiger partial charge in [-0.2, -0.15) is 0 Å². The molecule has 3 aliphatic rings. The number of nitrogens with two attached hydrogens (primary N) is 1. The van der Waals surface area contributed by atoms with Gasteiger partial charge in [0, 0.05) is 30.9 Å². The number of allylic oxidation sites excluding steroid dienone is 2. The van der Waals surface area contributed by atoms with Gasteiger partial charge in [-0.25, -0.2) is 0 Å². The van der Waals surface area contributed by atoms with Gasteiger partial charge < -0.3 is 16.0 Å². The molecule has 0 unspecified atom stereocenters. The molecule has 16 heavy (non-hydrogen) atoms. The van der Waals surface area contributed by atoms with Gasteiger partial charge >= 0.3 is 0 Å². The standard InChI is InChI=1S/C11H15N3O.ClH/c12-10(15)8-1-2-9-5-13-7-11(3-4-11)14(9)6-8;/h1-2,13H,3-7H2,(H2,12,15);1H. The van der Waals surface area contributed by atoms with E-state index >= 15 is 0 Å². The van der Waals surface area contributed by atoms with Crippen molar-refractivity contribution in [3.05, 3.63) is 23.4 Å². The molecular formula is C11H16ClN3O. The van der Waals surface area contributed by atoms with E-state index in [0.717, 1.165) is 18.7 Å². The molecule has 0 bridgehead atoms. The Morgan fingerprint density at radius 1 is 1.44 bits per heavy atom. The second-order valence-electron chi connectivity index (χ2n) is 4.63. The Labute approximate surface area is 101 Å². The first-order valence-electron chi connectivity index (χ1n) is 5.39. The van der Waals surface area contributed by atoms with Crippen LogP contribution in [0, 0.1) is 0 Å². The number of hydrogen-bond acceptors (Lipinski definition) is 3. The van der Waals surface area contributed by atoms with Crippen molar-refractivity contribution in [2.24, 2.45) is 5.73 Å². The second-order valence-corrected chi connectivity index (χ2v) is 4.63. The molecule has 1 spiro atoms. The number of nitrogens with zero attached hydrogens (tertiary/aromatic N) is 1. The number of rotatable bonds is 1. The third-order valence-corrected chi connectivity index (χ3v) is 3.63. The van der Waals surface area contributed by atoms with Gasteiger partial charge in [0.25, 0.3) is 0 Å². The van der Waals surface area contributed by atoms with Crippen LogP contribution in [0.2, 0.25) is 0 Å². The van der Waals surface area contributed by atoms with Crippen LogP contribution in [0.4, 0.5) is 0 Å². The zero-order valence-electron chi connectivity index (χ0n) is 9.03. The van der Waals surface area contributed by atoms with Gasteiger partial charge in [0.1, 0.15) is 0 Å². The Morgan fingerprint density at radius 2 is 2.19 bits per heavy atom. The number of fused-ring (bicyclic) bond motifs is 2. The summed E-state index contributed by atoms with van der Waals surface area (Å²) in [7, 11) is 0. The van der Waals surface area contributed by atoms with Crippen molar-refractivity contribution in [1.29, 1.82) is 0 Å². The fourth-order valence-corrected chi connectivity index (χ4v) is 2.51. The number of hydrogen-bond donors (Lipinski definition) is 2. The fourth-order valence-electron chi connectivity index (χ4n) is 2.51. The van der Waals surface area contributed by atoms with Crippen LogP contribution < -0.4 is 11.1 Å². The minimum atomic E-state index is -0.292. The molecule has 2 heterocycles. The van der Waals surface area contributed by atoms with Crippen LogP contribution in [0.1, 0.15) is 12.8 Å². The molecule has 1 saturated carbocycles. The maximum atomic E-state index is 11.1. The topological polar surface area (TPSA) is 58.4 Å². The van der Waals surface area contributed by atoms with Crippen molar-refractivity contribution in [1.82, 2.24) is 10.2 Å². The highest BCUT2D eigenvalue weighted by molar-refractivity contribution is 5.93. The predicted octanol–water partition coefficient (Wildman–Crippen LogP) is 0.155. The van der Waals surface area contributed by atoms with E-state index in [-0.39, 0.29) is 18.3 Å². The maximum absolute atomic E-state index is 11.1. The third kappa shape index (κ3) is 1.62. The Balaban J connectivity index is 0.000000963. The molecule has 2 fully saturated rings. The highest BCUT2D eigenvalue weighted by atomic mass is 35.5. The molecule has 4 nitrogen and oxygen atoms in total. The molecule has 3 N–H and O–H groups in total. The number of nitrogens with one attached hydrogen (secondary N) is 1. The molecule has 0 aromatic heterocycles. The van der Waals surface area contributed by atoms with Gasteiger partial charge in [-0.15, -0.1) is 12.4 Å². The van der Waals surface area contributed by atoms with Crippen molar-refractivity contribution >= 4 is 18.3 Å².